The molecule has 7 heteroatoms. The summed E-state index contributed by atoms with van der Waals surface area (Å²) in [6, 6.07) is -0.699. The second kappa shape index (κ2) is 6.49. The van der Waals surface area contributed by atoms with Crippen LogP contribution in [0.5, 0.6) is 0 Å². The van der Waals surface area contributed by atoms with E-state index in [9.17, 15) is 13.2 Å². The van der Waals surface area contributed by atoms with Crippen LogP contribution in [-0.4, -0.2) is 56.7 Å². The molecule has 106 valence electrons. The van der Waals surface area contributed by atoms with Crippen LogP contribution in [0.3, 0.4) is 0 Å². The van der Waals surface area contributed by atoms with Gasteiger partial charge >= 0.3 is 0 Å². The Labute approximate surface area is 109 Å². The number of hydrogen-bond donors (Lipinski definition) is 2. The van der Waals surface area contributed by atoms with Crippen LogP contribution >= 0.6 is 0 Å². The van der Waals surface area contributed by atoms with E-state index >= 15 is 0 Å². The van der Waals surface area contributed by atoms with Gasteiger partial charge in [0, 0.05) is 19.6 Å². The first-order valence-corrected chi connectivity index (χ1v) is 7.97. The molecule has 2 unspecified atom stereocenters. The summed E-state index contributed by atoms with van der Waals surface area (Å²) >= 11 is 0. The van der Waals surface area contributed by atoms with E-state index in [4.69, 9.17) is 0 Å². The van der Waals surface area contributed by atoms with E-state index in [1.54, 1.807) is 11.8 Å². The van der Waals surface area contributed by atoms with Crippen molar-refractivity contribution in [3.63, 3.8) is 0 Å². The van der Waals surface area contributed by atoms with E-state index in [0.29, 0.717) is 32.6 Å². The standard InChI is InChI=1S/C11H23N3O3S/c1-4-14(5-2)11(15)9(3)13-18(16,17)10-6-7-12-8-10/h9-10,12-13H,4-8H2,1-3H3. The van der Waals surface area contributed by atoms with Crippen LogP contribution in [-0.2, 0) is 14.8 Å². The average Bonchev–Trinajstić information content (AvgIpc) is 2.84. The summed E-state index contributed by atoms with van der Waals surface area (Å²) in [6.45, 7) is 7.71. The summed E-state index contributed by atoms with van der Waals surface area (Å²) in [5.41, 5.74) is 0. The molecule has 0 aromatic rings. The maximum absolute atomic E-state index is 12.0. The zero-order valence-electron chi connectivity index (χ0n) is 11.3. The molecule has 1 amide bonds. The molecule has 2 N–H and O–H groups in total. The number of carbonyl (C=O) groups excluding carboxylic acids is 1. The van der Waals surface area contributed by atoms with Crippen LogP contribution in [0, 0.1) is 0 Å². The highest BCUT2D eigenvalue weighted by molar-refractivity contribution is 7.90. The fraction of sp³-hybridized carbons (Fsp3) is 0.909. The predicted octanol–water partition coefficient (Wildman–Crippen LogP) is -0.475. The molecule has 1 aliphatic heterocycles. The van der Waals surface area contributed by atoms with Gasteiger partial charge in [-0.25, -0.2) is 13.1 Å². The van der Waals surface area contributed by atoms with Gasteiger partial charge in [0.1, 0.15) is 0 Å². The monoisotopic (exact) mass is 277 g/mol. The Hall–Kier alpha value is -0.660. The molecule has 1 rings (SSSR count). The quantitative estimate of drug-likeness (QED) is 0.688. The highest BCUT2D eigenvalue weighted by Crippen LogP contribution is 2.09. The van der Waals surface area contributed by atoms with Gasteiger partial charge in [0.15, 0.2) is 0 Å². The second-order valence-corrected chi connectivity index (χ2v) is 6.50. The molecule has 0 radical (unpaired) electrons. The lowest BCUT2D eigenvalue weighted by Crippen LogP contribution is -2.49. The van der Waals surface area contributed by atoms with E-state index in [0.717, 1.165) is 0 Å². The minimum atomic E-state index is -3.41. The number of nitrogens with one attached hydrogen (secondary N) is 2. The average molecular weight is 277 g/mol. The highest BCUT2D eigenvalue weighted by atomic mass is 32.2. The van der Waals surface area contributed by atoms with Crippen molar-refractivity contribution in [2.24, 2.45) is 0 Å². The van der Waals surface area contributed by atoms with Crippen LogP contribution in [0.4, 0.5) is 0 Å². The van der Waals surface area contributed by atoms with Gasteiger partial charge in [-0.3, -0.25) is 4.79 Å². The molecular weight excluding hydrogens is 254 g/mol. The van der Waals surface area contributed by atoms with Crippen molar-refractivity contribution in [1.82, 2.24) is 14.9 Å². The lowest BCUT2D eigenvalue weighted by Gasteiger charge is -2.24. The Bertz CT molecular complexity index is 373. The Morgan fingerprint density at radius 2 is 2.06 bits per heavy atom. The van der Waals surface area contributed by atoms with E-state index in [1.807, 2.05) is 13.8 Å². The number of hydrogen-bond acceptors (Lipinski definition) is 4. The Morgan fingerprint density at radius 1 is 1.44 bits per heavy atom. The largest absolute Gasteiger partial charge is 0.342 e. The zero-order valence-corrected chi connectivity index (χ0v) is 12.1. The molecule has 0 spiro atoms. The summed E-state index contributed by atoms with van der Waals surface area (Å²) in [5, 5.41) is 2.59. The predicted molar refractivity (Wildman–Crippen MR) is 70.7 cm³/mol. The van der Waals surface area contributed by atoms with Gasteiger partial charge in [0.25, 0.3) is 0 Å². The maximum atomic E-state index is 12.0. The van der Waals surface area contributed by atoms with Crippen molar-refractivity contribution >= 4 is 15.9 Å². The molecule has 1 heterocycles. The Balaban J connectivity index is 2.63. The molecule has 0 aliphatic carbocycles. The minimum absolute atomic E-state index is 0.172. The first-order valence-electron chi connectivity index (χ1n) is 6.43. The van der Waals surface area contributed by atoms with E-state index in [-0.39, 0.29) is 5.91 Å². The summed E-state index contributed by atoms with van der Waals surface area (Å²) < 4.78 is 26.5. The van der Waals surface area contributed by atoms with Crippen LogP contribution in [0.2, 0.25) is 0 Å². The number of rotatable bonds is 6. The van der Waals surface area contributed by atoms with Gasteiger partial charge in [0.2, 0.25) is 15.9 Å². The molecule has 0 aromatic carbocycles. The number of amides is 1. The molecule has 0 bridgehead atoms. The van der Waals surface area contributed by atoms with Crippen molar-refractivity contribution in [2.45, 2.75) is 38.5 Å². The Morgan fingerprint density at radius 3 is 2.50 bits per heavy atom. The van der Waals surface area contributed by atoms with Gasteiger partial charge in [-0.05, 0) is 33.7 Å². The lowest BCUT2D eigenvalue weighted by molar-refractivity contribution is -0.132. The molecule has 2 atom stereocenters. The normalized spacial score (nSPS) is 21.8. The molecule has 1 saturated heterocycles. The van der Waals surface area contributed by atoms with Crippen molar-refractivity contribution in [2.75, 3.05) is 26.2 Å². The van der Waals surface area contributed by atoms with Gasteiger partial charge in [0.05, 0.1) is 11.3 Å². The smallest absolute Gasteiger partial charge is 0.240 e. The second-order valence-electron chi connectivity index (χ2n) is 4.51. The first kappa shape index (κ1) is 15.4. The number of nitrogens with zero attached hydrogens (tertiary/aromatic N) is 1. The summed E-state index contributed by atoms with van der Waals surface area (Å²) in [4.78, 5) is 13.6. The number of likely N-dealkylation sites (N-methyl/N-ethyl adjacent to an activating group) is 1. The SMILES string of the molecule is CCN(CC)C(=O)C(C)NS(=O)(=O)C1CCNC1. The number of carbonyl (C=O) groups is 1. The fourth-order valence-corrected chi connectivity index (χ4v) is 3.65. The van der Waals surface area contributed by atoms with Crippen LogP contribution in [0.25, 0.3) is 0 Å². The topological polar surface area (TPSA) is 78.5 Å². The molecule has 1 fully saturated rings. The molecular formula is C11H23N3O3S. The van der Waals surface area contributed by atoms with Gasteiger partial charge in [-0.2, -0.15) is 0 Å². The first-order chi connectivity index (χ1) is 8.42. The van der Waals surface area contributed by atoms with Gasteiger partial charge in [-0.15, -0.1) is 0 Å². The highest BCUT2D eigenvalue weighted by Gasteiger charge is 2.32. The zero-order chi connectivity index (χ0) is 13.8. The third-order valence-corrected chi connectivity index (χ3v) is 5.20. The summed E-state index contributed by atoms with van der Waals surface area (Å²) in [5.74, 6) is -0.172. The van der Waals surface area contributed by atoms with Gasteiger partial charge in [-0.1, -0.05) is 0 Å². The van der Waals surface area contributed by atoms with Crippen LogP contribution in [0.1, 0.15) is 27.2 Å². The Kier molecular flexibility index (Phi) is 5.55. The molecule has 18 heavy (non-hydrogen) atoms. The van der Waals surface area contributed by atoms with Crippen molar-refractivity contribution in [3.8, 4) is 0 Å². The fourth-order valence-electron chi connectivity index (χ4n) is 2.10. The third kappa shape index (κ3) is 3.66. The molecule has 6 nitrogen and oxygen atoms in total. The van der Waals surface area contributed by atoms with Crippen molar-refractivity contribution < 1.29 is 13.2 Å². The maximum Gasteiger partial charge on any atom is 0.240 e. The third-order valence-electron chi connectivity index (χ3n) is 3.24. The number of sulfonamides is 1. The molecule has 1 aliphatic rings. The van der Waals surface area contributed by atoms with E-state index in [2.05, 4.69) is 10.0 Å². The molecule has 0 aromatic heterocycles. The van der Waals surface area contributed by atoms with Crippen LogP contribution < -0.4 is 10.0 Å². The van der Waals surface area contributed by atoms with Crippen molar-refractivity contribution in [3.05, 3.63) is 0 Å². The summed E-state index contributed by atoms with van der Waals surface area (Å²) in [7, 11) is -3.41. The molecule has 0 saturated carbocycles. The van der Waals surface area contributed by atoms with E-state index < -0.39 is 21.3 Å². The lowest BCUT2D eigenvalue weighted by atomic mass is 10.3. The van der Waals surface area contributed by atoms with Crippen molar-refractivity contribution in [1.29, 1.82) is 0 Å². The van der Waals surface area contributed by atoms with Crippen LogP contribution in [0.15, 0.2) is 0 Å². The van der Waals surface area contributed by atoms with E-state index in [1.165, 1.54) is 0 Å². The minimum Gasteiger partial charge on any atom is -0.342 e. The summed E-state index contributed by atoms with van der Waals surface area (Å²) in [6.07, 6.45) is 0.599. The van der Waals surface area contributed by atoms with Gasteiger partial charge < -0.3 is 10.2 Å².